The fraction of sp³-hybridized carbons (Fsp3) is 0.348. The number of benzene rings is 1. The van der Waals surface area contributed by atoms with Crippen molar-refractivity contribution in [1.29, 1.82) is 5.41 Å². The lowest BCUT2D eigenvalue weighted by molar-refractivity contribution is -0.149. The fourth-order valence-electron chi connectivity index (χ4n) is 3.85. The Bertz CT molecular complexity index is 1090. The smallest absolute Gasteiger partial charge is 0.379 e. The maximum Gasteiger partial charge on any atom is 0.379 e. The summed E-state index contributed by atoms with van der Waals surface area (Å²) in [6.45, 7) is 0.809. The third-order valence-electron chi connectivity index (χ3n) is 5.55. The summed E-state index contributed by atoms with van der Waals surface area (Å²) in [4.78, 5) is 49.1. The Hall–Kier alpha value is -3.99. The molecule has 0 spiro atoms. The first-order valence-corrected chi connectivity index (χ1v) is 10.6. The molecule has 1 aliphatic heterocycles. The molecule has 1 saturated heterocycles. The third kappa shape index (κ3) is 6.29. The number of aliphatic carboxylic acids is 2. The zero-order chi connectivity index (χ0) is 24.8. The lowest BCUT2D eigenvalue weighted by Gasteiger charge is -2.23. The van der Waals surface area contributed by atoms with Gasteiger partial charge in [-0.3, -0.25) is 24.7 Å². The minimum atomic E-state index is -1.31. The van der Waals surface area contributed by atoms with Gasteiger partial charge in [-0.25, -0.2) is 4.79 Å². The Morgan fingerprint density at radius 2 is 1.82 bits per heavy atom. The third-order valence-corrected chi connectivity index (χ3v) is 5.55. The van der Waals surface area contributed by atoms with E-state index in [2.05, 4.69) is 0 Å². The highest BCUT2D eigenvalue weighted by Gasteiger charge is 2.34. The molecule has 0 unspecified atom stereocenters. The van der Waals surface area contributed by atoms with Crippen molar-refractivity contribution >= 4 is 29.5 Å². The quantitative estimate of drug-likeness (QED) is 0.163. The van der Waals surface area contributed by atoms with Crippen molar-refractivity contribution in [2.75, 3.05) is 6.54 Å². The molecule has 0 bridgehead atoms. The van der Waals surface area contributed by atoms with Crippen LogP contribution in [-0.4, -0.2) is 57.2 Å². The largest absolute Gasteiger partial charge is 0.481 e. The van der Waals surface area contributed by atoms with E-state index in [1.807, 2.05) is 4.90 Å². The molecular weight excluding hydrogens is 446 g/mol. The Kier molecular flexibility index (Phi) is 7.79. The maximum absolute atomic E-state index is 12.7. The number of carbonyl (C=O) groups is 4. The van der Waals surface area contributed by atoms with Crippen LogP contribution in [0.4, 0.5) is 0 Å². The maximum atomic E-state index is 12.7. The highest BCUT2D eigenvalue weighted by atomic mass is 16.5. The van der Waals surface area contributed by atoms with Gasteiger partial charge in [-0.2, -0.15) is 0 Å². The fourth-order valence-corrected chi connectivity index (χ4v) is 3.85. The first-order chi connectivity index (χ1) is 16.1. The number of nitrogen functional groups attached to an aromatic ring is 1. The SMILES string of the molecule is N=C(N)c1ccc(OC(=O)c2ccc(CN3CCC[C@H]3C(=O)C[C@@H](CC(=O)O)C(=O)O)o2)cc1. The van der Waals surface area contributed by atoms with E-state index in [0.717, 1.165) is 6.42 Å². The number of ketones is 1. The number of carboxylic acids is 2. The van der Waals surface area contributed by atoms with E-state index in [0.29, 0.717) is 24.3 Å². The lowest BCUT2D eigenvalue weighted by atomic mass is 9.94. The summed E-state index contributed by atoms with van der Waals surface area (Å²) in [6.07, 6.45) is 0.277. The molecule has 1 aromatic carbocycles. The molecule has 11 heteroatoms. The highest BCUT2D eigenvalue weighted by molar-refractivity contribution is 5.95. The number of nitrogens with zero attached hydrogens (tertiary/aromatic N) is 1. The van der Waals surface area contributed by atoms with Gasteiger partial charge in [0.05, 0.1) is 24.9 Å². The van der Waals surface area contributed by atoms with Gasteiger partial charge in [0, 0.05) is 12.0 Å². The van der Waals surface area contributed by atoms with Crippen molar-refractivity contribution in [1.82, 2.24) is 4.90 Å². The number of ether oxygens (including phenoxy) is 1. The Balaban J connectivity index is 1.60. The van der Waals surface area contributed by atoms with Gasteiger partial charge < -0.3 is 25.1 Å². The summed E-state index contributed by atoms with van der Waals surface area (Å²) in [5, 5.41) is 25.5. The number of furan rings is 1. The predicted molar refractivity (Wildman–Crippen MR) is 118 cm³/mol. The summed E-state index contributed by atoms with van der Waals surface area (Å²) >= 11 is 0. The number of carboxylic acid groups (broad SMARTS) is 2. The predicted octanol–water partition coefficient (Wildman–Crippen LogP) is 1.88. The molecule has 180 valence electrons. The molecule has 1 aliphatic rings. The molecule has 2 heterocycles. The van der Waals surface area contributed by atoms with Crippen molar-refractivity contribution in [2.24, 2.45) is 11.7 Å². The molecular formula is C23H25N3O8. The number of nitrogens with one attached hydrogen (secondary N) is 1. The normalized spacial score (nSPS) is 16.6. The zero-order valence-electron chi connectivity index (χ0n) is 18.2. The Morgan fingerprint density at radius 1 is 1.12 bits per heavy atom. The summed E-state index contributed by atoms with van der Waals surface area (Å²) in [7, 11) is 0. The Morgan fingerprint density at radius 3 is 2.44 bits per heavy atom. The van der Waals surface area contributed by atoms with E-state index < -0.39 is 36.3 Å². The van der Waals surface area contributed by atoms with Crippen LogP contribution in [0.1, 0.15) is 47.6 Å². The van der Waals surface area contributed by atoms with Crippen LogP contribution in [0.3, 0.4) is 0 Å². The second kappa shape index (κ2) is 10.8. The second-order valence-electron chi connectivity index (χ2n) is 8.03. The minimum Gasteiger partial charge on any atom is -0.481 e. The van der Waals surface area contributed by atoms with Crippen LogP contribution >= 0.6 is 0 Å². The van der Waals surface area contributed by atoms with Crippen LogP contribution < -0.4 is 10.5 Å². The van der Waals surface area contributed by atoms with Gasteiger partial charge in [-0.05, 0) is 55.8 Å². The van der Waals surface area contributed by atoms with Gasteiger partial charge >= 0.3 is 17.9 Å². The molecule has 5 N–H and O–H groups in total. The van der Waals surface area contributed by atoms with Crippen LogP contribution in [0.25, 0.3) is 0 Å². The average Bonchev–Trinajstić information content (AvgIpc) is 3.43. The van der Waals surface area contributed by atoms with E-state index in [-0.39, 0.29) is 36.1 Å². The van der Waals surface area contributed by atoms with Crippen molar-refractivity contribution in [3.63, 3.8) is 0 Å². The van der Waals surface area contributed by atoms with Gasteiger partial charge in [0.2, 0.25) is 5.76 Å². The topological polar surface area (TPSA) is 184 Å². The molecule has 0 saturated carbocycles. The van der Waals surface area contributed by atoms with Crippen LogP contribution in [-0.2, 0) is 20.9 Å². The van der Waals surface area contributed by atoms with E-state index in [4.69, 9.17) is 25.4 Å². The standard InChI is InChI=1S/C23H25N3O8/c24-21(25)13-3-5-15(6-4-13)34-23(32)19-8-7-16(33-19)12-26-9-1-2-17(26)18(27)10-14(22(30)31)11-20(28)29/h3-8,14,17H,1-2,9-12H2,(H3,24,25)(H,28,29)(H,30,31)/t14-,17-/m0/s1. The van der Waals surface area contributed by atoms with Crippen molar-refractivity contribution in [2.45, 2.75) is 38.3 Å². The zero-order valence-corrected chi connectivity index (χ0v) is 18.2. The van der Waals surface area contributed by atoms with Gasteiger partial charge in [0.15, 0.2) is 5.78 Å². The first kappa shape index (κ1) is 24.6. The molecule has 3 rings (SSSR count). The van der Waals surface area contributed by atoms with Gasteiger partial charge in [0.1, 0.15) is 17.3 Å². The Labute approximate surface area is 194 Å². The number of carbonyl (C=O) groups excluding carboxylic acids is 2. The molecule has 1 aromatic heterocycles. The van der Waals surface area contributed by atoms with Crippen molar-refractivity contribution in [3.05, 3.63) is 53.5 Å². The minimum absolute atomic E-state index is 0.0277. The number of esters is 1. The molecule has 0 aliphatic carbocycles. The first-order valence-electron chi connectivity index (χ1n) is 10.6. The highest BCUT2D eigenvalue weighted by Crippen LogP contribution is 2.25. The van der Waals surface area contributed by atoms with E-state index in [1.165, 1.54) is 18.2 Å². The van der Waals surface area contributed by atoms with Crippen LogP contribution in [0.5, 0.6) is 5.75 Å². The average molecular weight is 471 g/mol. The lowest BCUT2D eigenvalue weighted by Crippen LogP contribution is -2.37. The molecule has 2 atom stereocenters. The molecule has 1 fully saturated rings. The molecule has 2 aromatic rings. The number of likely N-dealkylation sites (tertiary alicyclic amines) is 1. The van der Waals surface area contributed by atoms with Crippen LogP contribution in [0.15, 0.2) is 40.8 Å². The molecule has 0 amide bonds. The number of amidine groups is 1. The van der Waals surface area contributed by atoms with E-state index in [9.17, 15) is 24.3 Å². The number of hydrogen-bond acceptors (Lipinski definition) is 8. The van der Waals surface area contributed by atoms with Crippen molar-refractivity contribution < 1.29 is 38.5 Å². The van der Waals surface area contributed by atoms with Crippen LogP contribution in [0.2, 0.25) is 0 Å². The number of nitrogens with two attached hydrogens (primary N) is 1. The van der Waals surface area contributed by atoms with Crippen molar-refractivity contribution in [3.8, 4) is 5.75 Å². The monoisotopic (exact) mass is 471 g/mol. The van der Waals surface area contributed by atoms with Gasteiger partial charge in [-0.1, -0.05) is 0 Å². The van der Waals surface area contributed by atoms with Gasteiger partial charge in [-0.15, -0.1) is 0 Å². The molecule has 11 nitrogen and oxygen atoms in total. The van der Waals surface area contributed by atoms with E-state index in [1.54, 1.807) is 18.2 Å². The molecule has 34 heavy (non-hydrogen) atoms. The van der Waals surface area contributed by atoms with Gasteiger partial charge in [0.25, 0.3) is 0 Å². The van der Waals surface area contributed by atoms with Crippen LogP contribution in [0, 0.1) is 11.3 Å². The summed E-state index contributed by atoms with van der Waals surface area (Å²) in [5.74, 6) is -4.35. The molecule has 0 radical (unpaired) electrons. The summed E-state index contributed by atoms with van der Waals surface area (Å²) in [5.41, 5.74) is 5.89. The number of rotatable bonds is 11. The number of hydrogen-bond donors (Lipinski definition) is 4. The summed E-state index contributed by atoms with van der Waals surface area (Å²) < 4.78 is 10.8. The number of Topliss-reactive ketones (excluding diaryl/α,β-unsaturated/α-hetero) is 1. The summed E-state index contributed by atoms with van der Waals surface area (Å²) in [6, 6.07) is 8.63. The second-order valence-corrected chi connectivity index (χ2v) is 8.03. The van der Waals surface area contributed by atoms with E-state index >= 15 is 0 Å².